The Morgan fingerprint density at radius 1 is 1.18 bits per heavy atom. The van der Waals surface area contributed by atoms with Crippen LogP contribution in [-0.2, 0) is 14.8 Å². The van der Waals surface area contributed by atoms with Crippen LogP contribution in [0.1, 0.15) is 6.92 Å². The van der Waals surface area contributed by atoms with Crippen LogP contribution in [0.2, 0.25) is 0 Å². The second-order valence-corrected chi connectivity index (χ2v) is 11.6. The number of anilines is 2. The lowest BCUT2D eigenvalue weighted by Crippen LogP contribution is -2.38. The lowest BCUT2D eigenvalue weighted by molar-refractivity contribution is -0.114. The van der Waals surface area contributed by atoms with E-state index in [0.29, 0.717) is 33.3 Å². The second kappa shape index (κ2) is 12.2. The van der Waals surface area contributed by atoms with Crippen molar-refractivity contribution in [3.05, 3.63) is 61.2 Å². The van der Waals surface area contributed by atoms with Gasteiger partial charge in [-0.1, -0.05) is 29.2 Å². The van der Waals surface area contributed by atoms with Crippen LogP contribution in [-0.4, -0.2) is 49.7 Å². The van der Waals surface area contributed by atoms with Gasteiger partial charge in [0.1, 0.15) is 12.3 Å². The molecule has 1 heterocycles. The van der Waals surface area contributed by atoms with E-state index in [4.69, 9.17) is 4.74 Å². The summed E-state index contributed by atoms with van der Waals surface area (Å²) < 4.78 is 34.3. The molecule has 0 bridgehead atoms. The molecule has 12 heteroatoms. The quantitative estimate of drug-likeness (QED) is 0.201. The summed E-state index contributed by atoms with van der Waals surface area (Å²) >= 11 is 4.17. The van der Waals surface area contributed by atoms with Gasteiger partial charge in [0, 0.05) is 10.6 Å². The maximum atomic E-state index is 13.5. The minimum absolute atomic E-state index is 0.0889. The van der Waals surface area contributed by atoms with Gasteiger partial charge in [-0.15, -0.1) is 28.5 Å². The molecule has 0 spiro atoms. The van der Waals surface area contributed by atoms with Crippen LogP contribution in [0.5, 0.6) is 5.75 Å². The molecule has 0 unspecified atom stereocenters. The Bertz CT molecular complexity index is 1210. The van der Waals surface area contributed by atoms with Crippen molar-refractivity contribution in [1.29, 1.82) is 0 Å². The molecule has 1 N–H and O–H groups in total. The highest BCUT2D eigenvalue weighted by atomic mass is 32.2. The number of aromatic nitrogens is 2. The zero-order chi connectivity index (χ0) is 24.6. The zero-order valence-electron chi connectivity index (χ0n) is 18.6. The van der Waals surface area contributed by atoms with E-state index in [1.165, 1.54) is 47.0 Å². The normalized spacial score (nSPS) is 11.1. The van der Waals surface area contributed by atoms with Gasteiger partial charge in [-0.3, -0.25) is 14.4 Å². The molecule has 34 heavy (non-hydrogen) atoms. The van der Waals surface area contributed by atoms with E-state index in [0.717, 1.165) is 9.20 Å². The van der Waals surface area contributed by atoms with Gasteiger partial charge in [-0.05, 0) is 61.7 Å². The monoisotopic (exact) mass is 536 g/mol. The van der Waals surface area contributed by atoms with E-state index in [2.05, 4.69) is 22.1 Å². The van der Waals surface area contributed by atoms with Gasteiger partial charge in [0.05, 0.1) is 17.2 Å². The van der Waals surface area contributed by atoms with Crippen LogP contribution in [0.15, 0.2) is 75.3 Å². The predicted molar refractivity (Wildman–Crippen MR) is 140 cm³/mol. The lowest BCUT2D eigenvalue weighted by atomic mass is 10.3. The highest BCUT2D eigenvalue weighted by Gasteiger charge is 2.27. The molecule has 0 aliphatic heterocycles. The first-order valence-electron chi connectivity index (χ1n) is 10.1. The molecule has 0 aliphatic rings. The summed E-state index contributed by atoms with van der Waals surface area (Å²) in [5.74, 6) is 0.743. The number of carbonyl (C=O) groups excluding carboxylic acids is 1. The number of hydrogen-bond donors (Lipinski definition) is 1. The molecular weight excluding hydrogens is 513 g/mol. The smallest absolute Gasteiger partial charge is 0.264 e. The van der Waals surface area contributed by atoms with E-state index in [9.17, 15) is 13.2 Å². The minimum Gasteiger partial charge on any atom is -0.494 e. The topological polar surface area (TPSA) is 101 Å². The van der Waals surface area contributed by atoms with Crippen LogP contribution in [0.25, 0.3) is 0 Å². The number of carbonyl (C=O) groups is 1. The molecule has 8 nitrogen and oxygen atoms in total. The Kier molecular flexibility index (Phi) is 9.39. The van der Waals surface area contributed by atoms with Crippen LogP contribution < -0.4 is 14.4 Å². The van der Waals surface area contributed by atoms with Crippen molar-refractivity contribution in [2.75, 3.05) is 34.8 Å². The van der Waals surface area contributed by atoms with Gasteiger partial charge >= 0.3 is 0 Å². The third kappa shape index (κ3) is 6.75. The molecule has 0 atom stereocenters. The number of amides is 1. The largest absolute Gasteiger partial charge is 0.494 e. The summed E-state index contributed by atoms with van der Waals surface area (Å²) in [7, 11) is -4.02. The Balaban J connectivity index is 1.86. The molecule has 0 aliphatic carbocycles. The van der Waals surface area contributed by atoms with E-state index in [1.54, 1.807) is 42.5 Å². The summed E-state index contributed by atoms with van der Waals surface area (Å²) in [5, 5.41) is 10.9. The van der Waals surface area contributed by atoms with Crippen molar-refractivity contribution in [3.63, 3.8) is 0 Å². The number of sulfonamides is 1. The average molecular weight is 537 g/mol. The first kappa shape index (κ1) is 26.1. The Morgan fingerprint density at radius 2 is 1.88 bits per heavy atom. The van der Waals surface area contributed by atoms with Crippen molar-refractivity contribution < 1.29 is 17.9 Å². The van der Waals surface area contributed by atoms with Crippen molar-refractivity contribution in [3.8, 4) is 5.75 Å². The van der Waals surface area contributed by atoms with Crippen LogP contribution >= 0.6 is 34.9 Å². The standard InChI is InChI=1S/C22H24N4O4S4/c1-4-14-32-22-25-24-21(33-22)23-20(27)15-26(16-6-8-17(9-7-16)30-5-2)34(28,29)19-12-10-18(31-3)11-13-19/h4,6-13H,1,5,14-15H2,2-3H3,(H,23,24,27). The molecular formula is C22H24N4O4S4. The van der Waals surface area contributed by atoms with E-state index in [1.807, 2.05) is 13.2 Å². The number of ether oxygens (including phenoxy) is 1. The van der Waals surface area contributed by atoms with E-state index >= 15 is 0 Å². The molecule has 1 amide bonds. The van der Waals surface area contributed by atoms with E-state index in [-0.39, 0.29) is 4.90 Å². The van der Waals surface area contributed by atoms with Gasteiger partial charge in [0.25, 0.3) is 10.0 Å². The molecule has 2 aromatic carbocycles. The van der Waals surface area contributed by atoms with Crippen LogP contribution in [0.4, 0.5) is 10.8 Å². The van der Waals surface area contributed by atoms with Crippen LogP contribution in [0.3, 0.4) is 0 Å². The van der Waals surface area contributed by atoms with E-state index < -0.39 is 22.5 Å². The average Bonchev–Trinajstić information content (AvgIpc) is 3.29. The van der Waals surface area contributed by atoms with Crippen LogP contribution in [0, 0.1) is 0 Å². The Labute approximate surface area is 211 Å². The highest BCUT2D eigenvalue weighted by molar-refractivity contribution is 8.01. The highest BCUT2D eigenvalue weighted by Crippen LogP contribution is 2.28. The maximum Gasteiger partial charge on any atom is 0.264 e. The fourth-order valence-electron chi connectivity index (χ4n) is 2.80. The second-order valence-electron chi connectivity index (χ2n) is 6.64. The number of nitrogens with zero attached hydrogens (tertiary/aromatic N) is 3. The molecule has 3 rings (SSSR count). The lowest BCUT2D eigenvalue weighted by Gasteiger charge is -2.24. The van der Waals surface area contributed by atoms with Gasteiger partial charge in [0.15, 0.2) is 4.34 Å². The fourth-order valence-corrected chi connectivity index (χ4v) is 6.16. The van der Waals surface area contributed by atoms with Crippen molar-refractivity contribution in [2.24, 2.45) is 0 Å². The number of thioether (sulfide) groups is 2. The van der Waals surface area contributed by atoms with Gasteiger partial charge in [0.2, 0.25) is 11.0 Å². The molecule has 0 radical (unpaired) electrons. The number of rotatable bonds is 12. The first-order chi connectivity index (χ1) is 16.4. The molecule has 180 valence electrons. The van der Waals surface area contributed by atoms with Gasteiger partial charge < -0.3 is 4.74 Å². The number of hydrogen-bond acceptors (Lipinski definition) is 9. The maximum absolute atomic E-state index is 13.5. The summed E-state index contributed by atoms with van der Waals surface area (Å²) in [6, 6.07) is 13.1. The molecule has 0 fully saturated rings. The molecule has 3 aromatic rings. The van der Waals surface area contributed by atoms with Crippen molar-refractivity contribution in [2.45, 2.75) is 21.1 Å². The van der Waals surface area contributed by atoms with Crippen molar-refractivity contribution in [1.82, 2.24) is 10.2 Å². The predicted octanol–water partition coefficient (Wildman–Crippen LogP) is 4.77. The minimum atomic E-state index is -4.02. The summed E-state index contributed by atoms with van der Waals surface area (Å²) in [5.41, 5.74) is 0.340. The molecule has 1 aromatic heterocycles. The fraction of sp³-hybridized carbons (Fsp3) is 0.227. The number of benzene rings is 2. The third-order valence-corrected chi connectivity index (χ3v) is 8.85. The summed E-state index contributed by atoms with van der Waals surface area (Å²) in [6.45, 7) is 5.57. The molecule has 0 saturated carbocycles. The van der Waals surface area contributed by atoms with Gasteiger partial charge in [-0.25, -0.2) is 8.42 Å². The van der Waals surface area contributed by atoms with Gasteiger partial charge in [-0.2, -0.15) is 0 Å². The summed E-state index contributed by atoms with van der Waals surface area (Å²) in [4.78, 5) is 13.9. The Hall–Kier alpha value is -2.54. The summed E-state index contributed by atoms with van der Waals surface area (Å²) in [6.07, 6.45) is 3.66. The molecule has 0 saturated heterocycles. The number of nitrogens with one attached hydrogen (secondary N) is 1. The SMILES string of the molecule is C=CCSc1nnc(NC(=O)CN(c2ccc(OCC)cc2)S(=O)(=O)c2ccc(SC)cc2)s1. The third-order valence-electron chi connectivity index (χ3n) is 4.35. The zero-order valence-corrected chi connectivity index (χ0v) is 21.9. The first-order valence-corrected chi connectivity index (χ1v) is 14.6. The Morgan fingerprint density at radius 3 is 2.50 bits per heavy atom. The van der Waals surface area contributed by atoms with Crippen molar-refractivity contribution >= 4 is 61.6 Å².